The molecule has 66 heavy (non-hydrogen) atoms. The van der Waals surface area contributed by atoms with Gasteiger partial charge in [0, 0.05) is 60.1 Å². The molecule has 2 fully saturated rings. The highest BCUT2D eigenvalue weighted by molar-refractivity contribution is 5.72. The molecule has 0 aromatic rings. The summed E-state index contributed by atoms with van der Waals surface area (Å²) in [6.07, 6.45) is 21.3. The average Bonchev–Trinajstić information content (AvgIpc) is 3.91. The van der Waals surface area contributed by atoms with E-state index in [1.54, 1.807) is 21.1 Å². The third kappa shape index (κ3) is 84.9. The number of carbonyl (C=O) groups is 4. The van der Waals surface area contributed by atoms with Gasteiger partial charge in [-0.3, -0.25) is 9.59 Å². The van der Waals surface area contributed by atoms with Crippen molar-refractivity contribution in [1.82, 2.24) is 0 Å². The molecule has 2 saturated heterocycles. The van der Waals surface area contributed by atoms with E-state index >= 15 is 0 Å². The number of unbranched alkanes of at least 4 members (excludes halogenated alkanes) is 14. The van der Waals surface area contributed by atoms with Gasteiger partial charge in [0.2, 0.25) is 0 Å². The average molecular weight is 963 g/mol. The van der Waals surface area contributed by atoms with Crippen molar-refractivity contribution < 1.29 is 83.3 Å². The second-order valence-corrected chi connectivity index (χ2v) is 15.6. The minimum absolute atomic E-state index is 0.164. The van der Waals surface area contributed by atoms with Crippen LogP contribution in [0.2, 0.25) is 0 Å². The zero-order valence-corrected chi connectivity index (χ0v) is 43.0. The summed E-state index contributed by atoms with van der Waals surface area (Å²) in [5, 5.41) is 56.9. The van der Waals surface area contributed by atoms with Gasteiger partial charge in [-0.2, -0.15) is 0 Å². The zero-order valence-electron chi connectivity index (χ0n) is 43.0. The Kier molecular flexibility index (Phi) is 78.6. The molecule has 7 N–H and O–H groups in total. The predicted molar refractivity (Wildman–Crippen MR) is 260 cm³/mol. The van der Waals surface area contributed by atoms with Gasteiger partial charge in [-0.25, -0.2) is 9.59 Å². The van der Waals surface area contributed by atoms with Crippen LogP contribution in [-0.2, 0) is 47.6 Å². The highest BCUT2D eigenvalue weighted by Crippen LogP contribution is 2.10. The van der Waals surface area contributed by atoms with Gasteiger partial charge in [0.15, 0.2) is 6.10 Å². The molecule has 0 radical (unpaired) electrons. The topological polar surface area (TPSA) is 265 Å². The lowest BCUT2D eigenvalue weighted by Crippen LogP contribution is -2.22. The fraction of sp³-hybridized carbons (Fsp3) is 0.918. The summed E-state index contributed by atoms with van der Waals surface area (Å²) in [5.41, 5.74) is 0. The minimum atomic E-state index is -1.23. The molecule has 0 amide bonds. The molecular formula is C49H102O17. The van der Waals surface area contributed by atoms with Gasteiger partial charge in [0.1, 0.15) is 18.8 Å². The number of rotatable bonds is 28. The first-order chi connectivity index (χ1) is 31.7. The van der Waals surface area contributed by atoms with Gasteiger partial charge < -0.3 is 64.2 Å². The largest absolute Gasteiger partial charge is 0.479 e. The SMILES string of the molecule is C1CCOC1.C1COCCO1.CC(O)C(=O)O.CCCCCCC(O)C(=O)O.CCCCCCCCC(=O)OCC(C)OC(=O)CCCCCCCC.CCCO.COC.OCCCCO. The zero-order chi connectivity index (χ0) is 51.3. The van der Waals surface area contributed by atoms with Crippen LogP contribution in [-0.4, -0.2) is 158 Å². The number of aliphatic hydroxyl groups is 5. The van der Waals surface area contributed by atoms with E-state index in [0.717, 1.165) is 110 Å². The molecule has 0 aromatic carbocycles. The fourth-order valence-corrected chi connectivity index (χ4v) is 4.76. The van der Waals surface area contributed by atoms with Crippen LogP contribution in [0.25, 0.3) is 0 Å². The molecule has 17 nitrogen and oxygen atoms in total. The standard InChI is InChI=1S/C21H40O4.C8H16O3.C4H8O2.C4H10O2.C4H8O.C3H6O3.C3H8O.C2H6O/c1-4-6-8-10-12-14-16-20(22)24-18-19(3)25-21(23)17-15-13-11-9-7-5-2;1-2-3-4-5-6-7(9)8(10)11;1-2-6-4-3-5-1;5-3-1-2-4-6;1-2-4-5-3-1;1-2(4)3(5)6;1-2-3-4;1-3-2/h19H,4-18H2,1-3H3;7,9H,2-6H2,1H3,(H,10,11);1-4H2;5-6H,1-4H2;1-4H2;2,4H,1H3,(H,5,6);4H,2-3H2,1H3;1-2H3. The first-order valence-electron chi connectivity index (χ1n) is 24.8. The van der Waals surface area contributed by atoms with Crippen molar-refractivity contribution in [1.29, 1.82) is 0 Å². The first-order valence-corrected chi connectivity index (χ1v) is 24.8. The van der Waals surface area contributed by atoms with Crippen molar-refractivity contribution in [3.05, 3.63) is 0 Å². The van der Waals surface area contributed by atoms with Crippen LogP contribution in [0, 0.1) is 0 Å². The third-order valence-corrected chi connectivity index (χ3v) is 8.62. The van der Waals surface area contributed by atoms with Crippen LogP contribution in [0.4, 0.5) is 0 Å². The Morgan fingerprint density at radius 2 is 0.848 bits per heavy atom. The Balaban J connectivity index is -0.000000179. The van der Waals surface area contributed by atoms with Crippen molar-refractivity contribution in [3.8, 4) is 0 Å². The quantitative estimate of drug-likeness (QED) is 0.0289. The van der Waals surface area contributed by atoms with Gasteiger partial charge in [-0.05, 0) is 65.2 Å². The van der Waals surface area contributed by atoms with Crippen LogP contribution in [0.5, 0.6) is 0 Å². The van der Waals surface area contributed by atoms with Crippen LogP contribution >= 0.6 is 0 Å². The lowest BCUT2D eigenvalue weighted by Gasteiger charge is -2.13. The predicted octanol–water partition coefficient (Wildman–Crippen LogP) is 8.05. The van der Waals surface area contributed by atoms with Crippen molar-refractivity contribution in [2.24, 2.45) is 0 Å². The molecule has 2 aliphatic heterocycles. The van der Waals surface area contributed by atoms with Gasteiger partial charge in [0.05, 0.1) is 26.4 Å². The van der Waals surface area contributed by atoms with E-state index in [1.165, 1.54) is 71.1 Å². The number of carboxylic acid groups (broad SMARTS) is 2. The Hall–Kier alpha value is -2.48. The molecule has 400 valence electrons. The summed E-state index contributed by atoms with van der Waals surface area (Å²) >= 11 is 0. The van der Waals surface area contributed by atoms with Gasteiger partial charge >= 0.3 is 23.9 Å². The third-order valence-electron chi connectivity index (χ3n) is 8.62. The highest BCUT2D eigenvalue weighted by atomic mass is 16.6. The summed E-state index contributed by atoms with van der Waals surface area (Å²) in [5.74, 6) is -2.67. The highest BCUT2D eigenvalue weighted by Gasteiger charge is 2.13. The lowest BCUT2D eigenvalue weighted by atomic mass is 10.1. The molecule has 0 spiro atoms. The molecular weight excluding hydrogens is 861 g/mol. The molecule has 2 heterocycles. The van der Waals surface area contributed by atoms with E-state index in [1.807, 2.05) is 6.92 Å². The van der Waals surface area contributed by atoms with E-state index in [4.69, 9.17) is 59.4 Å². The summed E-state index contributed by atoms with van der Waals surface area (Å²) < 4.78 is 29.6. The molecule has 17 heteroatoms. The molecule has 0 aliphatic carbocycles. The number of methoxy groups -OCH3 is 1. The Bertz CT molecular complexity index is 907. The van der Waals surface area contributed by atoms with Crippen molar-refractivity contribution in [2.45, 2.75) is 214 Å². The first kappa shape index (κ1) is 75.0. The number of ether oxygens (including phenoxy) is 6. The van der Waals surface area contributed by atoms with Gasteiger partial charge in [-0.15, -0.1) is 0 Å². The van der Waals surface area contributed by atoms with Crippen LogP contribution in [0.15, 0.2) is 0 Å². The smallest absolute Gasteiger partial charge is 0.332 e. The second-order valence-electron chi connectivity index (χ2n) is 15.6. The Morgan fingerprint density at radius 3 is 1.15 bits per heavy atom. The molecule has 0 saturated carbocycles. The van der Waals surface area contributed by atoms with E-state index in [-0.39, 0.29) is 37.9 Å². The number of aliphatic carboxylic acids is 2. The number of carboxylic acids is 2. The maximum atomic E-state index is 11.7. The number of aliphatic hydroxyl groups excluding tert-OH is 5. The monoisotopic (exact) mass is 963 g/mol. The van der Waals surface area contributed by atoms with E-state index in [0.29, 0.717) is 25.9 Å². The van der Waals surface area contributed by atoms with E-state index < -0.39 is 24.1 Å². The number of esters is 2. The van der Waals surface area contributed by atoms with Gasteiger partial charge in [-0.1, -0.05) is 118 Å². The molecule has 3 unspecified atom stereocenters. The number of hydrogen-bond donors (Lipinski definition) is 7. The lowest BCUT2D eigenvalue weighted by molar-refractivity contribution is -0.158. The normalized spacial score (nSPS) is 13.5. The maximum Gasteiger partial charge on any atom is 0.332 e. The minimum Gasteiger partial charge on any atom is -0.479 e. The Morgan fingerprint density at radius 1 is 0.500 bits per heavy atom. The summed E-state index contributed by atoms with van der Waals surface area (Å²) in [6.45, 7) is 17.4. The molecule has 0 bridgehead atoms. The molecule has 2 rings (SSSR count). The molecule has 0 aromatic heterocycles. The van der Waals surface area contributed by atoms with Crippen LogP contribution in [0.1, 0.15) is 196 Å². The van der Waals surface area contributed by atoms with Crippen LogP contribution < -0.4 is 0 Å². The van der Waals surface area contributed by atoms with Gasteiger partial charge in [0.25, 0.3) is 0 Å². The van der Waals surface area contributed by atoms with Crippen molar-refractivity contribution in [3.63, 3.8) is 0 Å². The van der Waals surface area contributed by atoms with E-state index in [9.17, 15) is 19.2 Å². The van der Waals surface area contributed by atoms with E-state index in [2.05, 4.69) is 25.5 Å². The summed E-state index contributed by atoms with van der Waals surface area (Å²) in [4.78, 5) is 42.9. The molecule has 3 atom stereocenters. The van der Waals surface area contributed by atoms with Crippen molar-refractivity contribution >= 4 is 23.9 Å². The maximum absolute atomic E-state index is 11.7. The number of carbonyl (C=O) groups excluding carboxylic acids is 2. The Labute approximate surface area is 400 Å². The summed E-state index contributed by atoms with van der Waals surface area (Å²) in [6, 6.07) is 0. The molecule has 2 aliphatic rings. The van der Waals surface area contributed by atoms with Crippen LogP contribution in [0.3, 0.4) is 0 Å². The second kappa shape index (κ2) is 69.1. The van der Waals surface area contributed by atoms with Crippen molar-refractivity contribution in [2.75, 3.05) is 80.3 Å². The summed E-state index contributed by atoms with van der Waals surface area (Å²) in [7, 11) is 3.25. The number of hydrogen-bond acceptors (Lipinski definition) is 15. The fourth-order valence-electron chi connectivity index (χ4n) is 4.76.